The van der Waals surface area contributed by atoms with Gasteiger partial charge in [0.1, 0.15) is 5.60 Å². The number of carbonyl (C=O) groups is 2. The van der Waals surface area contributed by atoms with E-state index in [4.69, 9.17) is 14.6 Å². The van der Waals surface area contributed by atoms with E-state index < -0.39 is 23.7 Å². The van der Waals surface area contributed by atoms with Crippen molar-refractivity contribution in [2.24, 2.45) is 0 Å². The van der Waals surface area contributed by atoms with E-state index in [9.17, 15) is 9.59 Å². The molecule has 0 aromatic heterocycles. The summed E-state index contributed by atoms with van der Waals surface area (Å²) in [4.78, 5) is 22.7. The average Bonchev–Trinajstić information content (AvgIpc) is 2.41. The highest BCUT2D eigenvalue weighted by molar-refractivity contribution is 5.80. The van der Waals surface area contributed by atoms with Gasteiger partial charge in [-0.15, -0.1) is 0 Å². The van der Waals surface area contributed by atoms with E-state index in [0.717, 1.165) is 5.56 Å². The summed E-state index contributed by atoms with van der Waals surface area (Å²) in [6, 6.07) is 8.59. The molecular weight excluding hydrogens is 286 g/mol. The van der Waals surface area contributed by atoms with Gasteiger partial charge in [-0.1, -0.05) is 30.3 Å². The highest BCUT2D eigenvalue weighted by Crippen LogP contribution is 2.07. The summed E-state index contributed by atoms with van der Waals surface area (Å²) in [5.41, 5.74) is 0.427. The largest absolute Gasteiger partial charge is 0.480 e. The zero-order valence-corrected chi connectivity index (χ0v) is 13.2. The van der Waals surface area contributed by atoms with Crippen LogP contribution in [0.15, 0.2) is 30.3 Å². The maximum atomic E-state index is 11.6. The highest BCUT2D eigenvalue weighted by Gasteiger charge is 2.23. The molecule has 2 N–H and O–H groups in total. The molecule has 1 aromatic rings. The lowest BCUT2D eigenvalue weighted by atomic mass is 10.2. The molecule has 0 aliphatic rings. The molecule has 0 unspecified atom stereocenters. The van der Waals surface area contributed by atoms with Crippen LogP contribution in [0.4, 0.5) is 4.79 Å². The molecule has 0 fully saturated rings. The van der Waals surface area contributed by atoms with Crippen LogP contribution in [0.1, 0.15) is 26.3 Å². The summed E-state index contributed by atoms with van der Waals surface area (Å²) >= 11 is 0. The second-order valence-corrected chi connectivity index (χ2v) is 5.85. The molecule has 6 nitrogen and oxygen atoms in total. The Labute approximate surface area is 130 Å². The molecule has 1 atom stereocenters. The SMILES string of the molecule is CC(C)(C)OC(=O)N[C@@H](COCCc1ccccc1)C(=O)O. The number of rotatable bonds is 7. The Bertz CT molecular complexity index is 481. The average molecular weight is 309 g/mol. The fourth-order valence-electron chi connectivity index (χ4n) is 1.66. The predicted molar refractivity (Wildman–Crippen MR) is 81.8 cm³/mol. The van der Waals surface area contributed by atoms with Crippen molar-refractivity contribution in [1.29, 1.82) is 0 Å². The molecule has 0 saturated heterocycles. The maximum Gasteiger partial charge on any atom is 0.408 e. The Hall–Kier alpha value is -2.08. The van der Waals surface area contributed by atoms with E-state index in [0.29, 0.717) is 13.0 Å². The van der Waals surface area contributed by atoms with Gasteiger partial charge in [-0.05, 0) is 32.8 Å². The second-order valence-electron chi connectivity index (χ2n) is 5.85. The Balaban J connectivity index is 2.35. The second kappa shape index (κ2) is 8.38. The van der Waals surface area contributed by atoms with Gasteiger partial charge in [-0.2, -0.15) is 0 Å². The van der Waals surface area contributed by atoms with E-state index in [1.54, 1.807) is 20.8 Å². The number of benzene rings is 1. The summed E-state index contributed by atoms with van der Waals surface area (Å²) in [7, 11) is 0. The van der Waals surface area contributed by atoms with E-state index in [1.165, 1.54) is 0 Å². The number of hydrogen-bond acceptors (Lipinski definition) is 4. The standard InChI is InChI=1S/C16H23NO5/c1-16(2,3)22-15(20)17-13(14(18)19)11-21-10-9-12-7-5-4-6-8-12/h4-8,13H,9-11H2,1-3H3,(H,17,20)(H,18,19)/t13-/m0/s1. The molecule has 0 bridgehead atoms. The van der Waals surface area contributed by atoms with Gasteiger partial charge in [-0.3, -0.25) is 0 Å². The monoisotopic (exact) mass is 309 g/mol. The van der Waals surface area contributed by atoms with Gasteiger partial charge >= 0.3 is 12.1 Å². The fourth-order valence-corrected chi connectivity index (χ4v) is 1.66. The van der Waals surface area contributed by atoms with Crippen LogP contribution < -0.4 is 5.32 Å². The molecular formula is C16H23NO5. The fraction of sp³-hybridized carbons (Fsp3) is 0.500. The van der Waals surface area contributed by atoms with Gasteiger partial charge in [-0.25, -0.2) is 9.59 Å². The maximum absolute atomic E-state index is 11.6. The minimum atomic E-state index is -1.16. The van der Waals surface area contributed by atoms with Crippen molar-refractivity contribution in [3.05, 3.63) is 35.9 Å². The molecule has 0 aliphatic carbocycles. The van der Waals surface area contributed by atoms with E-state index >= 15 is 0 Å². The molecule has 1 aromatic carbocycles. The molecule has 1 rings (SSSR count). The number of carboxylic acids is 1. The Morgan fingerprint density at radius 1 is 1.23 bits per heavy atom. The minimum Gasteiger partial charge on any atom is -0.480 e. The van der Waals surface area contributed by atoms with Crippen molar-refractivity contribution in [3.8, 4) is 0 Å². The quantitative estimate of drug-likeness (QED) is 0.754. The Kier molecular flexibility index (Phi) is 6.85. The smallest absolute Gasteiger partial charge is 0.408 e. The Morgan fingerprint density at radius 2 is 1.86 bits per heavy atom. The summed E-state index contributed by atoms with van der Waals surface area (Å²) < 4.78 is 10.4. The lowest BCUT2D eigenvalue weighted by Gasteiger charge is -2.22. The predicted octanol–water partition coefficient (Wildman–Crippen LogP) is 2.22. The van der Waals surface area contributed by atoms with Crippen molar-refractivity contribution in [2.75, 3.05) is 13.2 Å². The van der Waals surface area contributed by atoms with E-state index in [2.05, 4.69) is 5.32 Å². The number of hydrogen-bond donors (Lipinski definition) is 2. The van der Waals surface area contributed by atoms with Gasteiger partial charge in [0.25, 0.3) is 0 Å². The van der Waals surface area contributed by atoms with Crippen LogP contribution in [-0.4, -0.2) is 42.0 Å². The zero-order valence-electron chi connectivity index (χ0n) is 13.2. The Morgan fingerprint density at radius 3 is 2.41 bits per heavy atom. The van der Waals surface area contributed by atoms with Crippen LogP contribution in [0.5, 0.6) is 0 Å². The van der Waals surface area contributed by atoms with Gasteiger partial charge in [0.2, 0.25) is 0 Å². The first-order valence-electron chi connectivity index (χ1n) is 7.12. The van der Waals surface area contributed by atoms with Crippen molar-refractivity contribution in [2.45, 2.75) is 38.8 Å². The van der Waals surface area contributed by atoms with Crippen LogP contribution in [0.2, 0.25) is 0 Å². The highest BCUT2D eigenvalue weighted by atomic mass is 16.6. The number of nitrogens with one attached hydrogen (secondary N) is 1. The molecule has 1 amide bonds. The van der Waals surface area contributed by atoms with Crippen molar-refractivity contribution in [1.82, 2.24) is 5.32 Å². The molecule has 0 radical (unpaired) electrons. The summed E-state index contributed by atoms with van der Waals surface area (Å²) in [6.07, 6.45) is -0.0915. The summed E-state index contributed by atoms with van der Waals surface area (Å²) in [5, 5.41) is 11.4. The minimum absolute atomic E-state index is 0.110. The third kappa shape index (κ3) is 7.64. The van der Waals surface area contributed by atoms with Crippen molar-refractivity contribution in [3.63, 3.8) is 0 Å². The van der Waals surface area contributed by atoms with Crippen LogP contribution in [0.3, 0.4) is 0 Å². The molecule has 0 spiro atoms. The number of aliphatic carboxylic acids is 1. The van der Waals surface area contributed by atoms with Gasteiger partial charge in [0.05, 0.1) is 13.2 Å². The van der Waals surface area contributed by atoms with Gasteiger partial charge < -0.3 is 19.9 Å². The lowest BCUT2D eigenvalue weighted by molar-refractivity contribution is -0.141. The number of ether oxygens (including phenoxy) is 2. The zero-order chi connectivity index (χ0) is 16.6. The lowest BCUT2D eigenvalue weighted by Crippen LogP contribution is -2.46. The van der Waals surface area contributed by atoms with E-state index in [1.807, 2.05) is 30.3 Å². The molecule has 0 aliphatic heterocycles. The van der Waals surface area contributed by atoms with Crippen LogP contribution in [0, 0.1) is 0 Å². The molecule has 6 heteroatoms. The van der Waals surface area contributed by atoms with Crippen molar-refractivity contribution >= 4 is 12.1 Å². The number of carboxylic acid groups (broad SMARTS) is 1. The molecule has 122 valence electrons. The van der Waals surface area contributed by atoms with Crippen LogP contribution in [0.25, 0.3) is 0 Å². The summed E-state index contributed by atoms with van der Waals surface area (Å²) in [6.45, 7) is 5.39. The number of alkyl carbamates (subject to hydrolysis) is 1. The van der Waals surface area contributed by atoms with Crippen LogP contribution in [-0.2, 0) is 20.7 Å². The summed E-state index contributed by atoms with van der Waals surface area (Å²) in [5.74, 6) is -1.16. The first-order valence-corrected chi connectivity index (χ1v) is 7.12. The van der Waals surface area contributed by atoms with Gasteiger partial charge in [0.15, 0.2) is 6.04 Å². The molecule has 0 saturated carbocycles. The van der Waals surface area contributed by atoms with Crippen LogP contribution >= 0.6 is 0 Å². The van der Waals surface area contributed by atoms with E-state index in [-0.39, 0.29) is 6.61 Å². The third-order valence-corrected chi connectivity index (χ3v) is 2.65. The third-order valence-electron chi connectivity index (χ3n) is 2.65. The first-order chi connectivity index (χ1) is 10.3. The topological polar surface area (TPSA) is 84.9 Å². The number of carbonyl (C=O) groups excluding carboxylic acids is 1. The van der Waals surface area contributed by atoms with Gasteiger partial charge in [0, 0.05) is 0 Å². The first kappa shape index (κ1) is 18.0. The molecule has 0 heterocycles. The number of amides is 1. The van der Waals surface area contributed by atoms with Crippen molar-refractivity contribution < 1.29 is 24.2 Å². The normalized spacial score (nSPS) is 12.5. The molecule has 22 heavy (non-hydrogen) atoms.